The molecule has 1 rings (SSSR count). The highest BCUT2D eigenvalue weighted by Crippen LogP contribution is 2.22. The lowest BCUT2D eigenvalue weighted by Crippen LogP contribution is -2.27. The van der Waals surface area contributed by atoms with E-state index in [0.717, 1.165) is 11.1 Å². The lowest BCUT2D eigenvalue weighted by molar-refractivity contribution is -0.817. The monoisotopic (exact) mass is 321 g/mol. The zero-order chi connectivity index (χ0) is 17.6. The van der Waals surface area contributed by atoms with Crippen LogP contribution in [-0.4, -0.2) is 38.8 Å². The van der Waals surface area contributed by atoms with Crippen LogP contribution in [0.4, 0.5) is 17.3 Å². The first-order valence-corrected chi connectivity index (χ1v) is 6.45. The minimum atomic E-state index is -6.00. The highest BCUT2D eigenvalue weighted by atomic mass is 19.5. The second-order valence-electron chi connectivity index (χ2n) is 5.57. The fourth-order valence-electron chi connectivity index (χ4n) is 1.38. The highest BCUT2D eigenvalue weighted by Gasteiger charge is 2.20. The van der Waals surface area contributed by atoms with Crippen molar-refractivity contribution in [2.24, 2.45) is 0 Å². The Morgan fingerprint density at radius 1 is 1.09 bits per heavy atom. The average Bonchev–Trinajstić information content (AvgIpc) is 2.28. The summed E-state index contributed by atoms with van der Waals surface area (Å²) < 4.78 is 44.9. The fourth-order valence-corrected chi connectivity index (χ4v) is 1.38. The van der Waals surface area contributed by atoms with Gasteiger partial charge in [-0.3, -0.25) is 0 Å². The van der Waals surface area contributed by atoms with Gasteiger partial charge in [0, 0.05) is 0 Å². The van der Waals surface area contributed by atoms with E-state index in [-0.39, 0.29) is 5.97 Å². The summed E-state index contributed by atoms with van der Waals surface area (Å²) in [6, 6.07) is 5.81. The molecule has 3 nitrogen and oxygen atoms in total. The number of esters is 1. The number of carbonyl (C=O) groups is 1. The van der Waals surface area contributed by atoms with Gasteiger partial charge in [0.1, 0.15) is 11.9 Å². The van der Waals surface area contributed by atoms with Crippen LogP contribution in [0, 0.1) is 13.8 Å². The van der Waals surface area contributed by atoms with Crippen molar-refractivity contribution in [3.63, 3.8) is 0 Å². The van der Waals surface area contributed by atoms with Crippen molar-refractivity contribution in [3.8, 4) is 5.75 Å². The Bertz CT molecular complexity index is 510. The van der Waals surface area contributed by atoms with Gasteiger partial charge in [-0.1, -0.05) is 18.2 Å². The van der Waals surface area contributed by atoms with Crippen molar-refractivity contribution in [1.82, 2.24) is 0 Å². The van der Waals surface area contributed by atoms with Gasteiger partial charge in [0.2, 0.25) is 0 Å². The number of rotatable bonds is 3. The number of halogens is 4. The topological polar surface area (TPSA) is 26.3 Å². The molecule has 0 saturated carbocycles. The summed E-state index contributed by atoms with van der Waals surface area (Å²) in [4.78, 5) is 11.6. The van der Waals surface area contributed by atoms with E-state index in [9.17, 15) is 22.1 Å². The van der Waals surface area contributed by atoms with Gasteiger partial charge in [0.05, 0.1) is 27.2 Å². The molecule has 1 aromatic rings. The predicted octanol–water partition coefficient (Wildman–Crippen LogP) is 3.73. The first kappa shape index (κ1) is 20.2. The Kier molecular flexibility index (Phi) is 7.32. The molecule has 0 aliphatic carbocycles. The van der Waals surface area contributed by atoms with Gasteiger partial charge in [0.25, 0.3) is 0 Å². The van der Waals surface area contributed by atoms with Gasteiger partial charge in [-0.15, -0.1) is 0 Å². The quantitative estimate of drug-likeness (QED) is 0.212. The molecule has 0 saturated heterocycles. The van der Waals surface area contributed by atoms with Crippen LogP contribution in [0.1, 0.15) is 11.1 Å². The van der Waals surface area contributed by atoms with Crippen molar-refractivity contribution in [2.75, 3.05) is 21.1 Å². The fraction of sp³-hybridized carbons (Fsp3) is 0.357. The smallest absolute Gasteiger partial charge is 0.423 e. The summed E-state index contributed by atoms with van der Waals surface area (Å²) in [6.45, 7) is 3.86. The first-order chi connectivity index (χ1) is 9.79. The van der Waals surface area contributed by atoms with Crippen LogP contribution >= 0.6 is 0 Å². The third-order valence-electron chi connectivity index (χ3n) is 2.27. The molecule has 8 heteroatoms. The molecule has 0 fully saturated rings. The van der Waals surface area contributed by atoms with Crippen LogP contribution in [0.5, 0.6) is 5.75 Å². The molecule has 0 aliphatic rings. The maximum absolute atomic E-state index is 11.6. The van der Waals surface area contributed by atoms with Crippen molar-refractivity contribution < 1.29 is 31.3 Å². The molecule has 0 aromatic heterocycles. The number of carbonyl (C=O) groups excluding carboxylic acids is 1. The van der Waals surface area contributed by atoms with Crippen molar-refractivity contribution >= 4 is 13.2 Å². The molecule has 0 bridgehead atoms. The number of para-hydroxylation sites is 1. The molecular formula is C14H20BF4NO2. The summed E-state index contributed by atoms with van der Waals surface area (Å²) in [6.07, 6.45) is 3.25. The maximum atomic E-state index is 11.6. The van der Waals surface area contributed by atoms with E-state index >= 15 is 0 Å². The molecule has 0 unspecified atom stereocenters. The molecular weight excluding hydrogens is 301 g/mol. The number of aryl methyl sites for hydroxylation is 2. The molecule has 22 heavy (non-hydrogen) atoms. The molecule has 0 aliphatic heterocycles. The summed E-state index contributed by atoms with van der Waals surface area (Å²) in [7, 11) is -0.0750. The number of nitrogens with zero attached hydrogens (tertiary/aromatic N) is 1. The van der Waals surface area contributed by atoms with Crippen LogP contribution in [0.25, 0.3) is 0 Å². The van der Waals surface area contributed by atoms with Crippen LogP contribution in [0.15, 0.2) is 30.5 Å². The van der Waals surface area contributed by atoms with Gasteiger partial charge >= 0.3 is 13.2 Å². The van der Waals surface area contributed by atoms with E-state index in [4.69, 9.17) is 4.74 Å². The Morgan fingerprint density at radius 3 is 1.86 bits per heavy atom. The molecule has 0 heterocycles. The van der Waals surface area contributed by atoms with Gasteiger partial charge in [-0.25, -0.2) is 4.79 Å². The normalized spacial score (nSPS) is 11.9. The van der Waals surface area contributed by atoms with E-state index in [1.807, 2.05) is 53.2 Å². The maximum Gasteiger partial charge on any atom is 0.673 e. The highest BCUT2D eigenvalue weighted by molar-refractivity contribution is 6.50. The second kappa shape index (κ2) is 7.98. The zero-order valence-corrected chi connectivity index (χ0v) is 13.2. The lowest BCUT2D eigenvalue weighted by Gasteiger charge is -2.17. The Morgan fingerprint density at radius 2 is 1.50 bits per heavy atom. The minimum Gasteiger partial charge on any atom is -0.423 e. The van der Waals surface area contributed by atoms with Gasteiger partial charge in [0.15, 0.2) is 0 Å². The predicted molar refractivity (Wildman–Crippen MR) is 78.9 cm³/mol. The van der Waals surface area contributed by atoms with E-state index in [1.54, 1.807) is 6.20 Å². The first-order valence-electron chi connectivity index (χ1n) is 6.45. The van der Waals surface area contributed by atoms with E-state index in [1.165, 1.54) is 6.08 Å². The molecule has 0 radical (unpaired) electrons. The van der Waals surface area contributed by atoms with Crippen LogP contribution in [0.3, 0.4) is 0 Å². The summed E-state index contributed by atoms with van der Waals surface area (Å²) in [5.41, 5.74) is 1.94. The largest absolute Gasteiger partial charge is 0.673 e. The average molecular weight is 321 g/mol. The number of hydrogen-bond donors (Lipinski definition) is 0. The summed E-state index contributed by atoms with van der Waals surface area (Å²) >= 11 is 0. The SMILES string of the molecule is Cc1cccc(C)c1OC(=O)/C=C\[N+](C)(C)C.F[B-](F)(F)F. The molecule has 0 spiro atoms. The van der Waals surface area contributed by atoms with Gasteiger partial charge in [-0.2, -0.15) is 0 Å². The van der Waals surface area contributed by atoms with Crippen molar-refractivity contribution in [2.45, 2.75) is 13.8 Å². The zero-order valence-electron chi connectivity index (χ0n) is 13.2. The summed E-state index contributed by atoms with van der Waals surface area (Å²) in [5.74, 6) is 0.319. The van der Waals surface area contributed by atoms with E-state index < -0.39 is 7.25 Å². The molecule has 124 valence electrons. The number of ether oxygens (including phenoxy) is 1. The second-order valence-corrected chi connectivity index (χ2v) is 5.57. The number of benzene rings is 1. The number of hydrogen-bond acceptors (Lipinski definition) is 2. The molecule has 0 amide bonds. The minimum absolute atomic E-state index is 0.338. The van der Waals surface area contributed by atoms with Crippen molar-refractivity contribution in [3.05, 3.63) is 41.6 Å². The van der Waals surface area contributed by atoms with Gasteiger partial charge in [-0.05, 0) is 25.0 Å². The van der Waals surface area contributed by atoms with Crippen molar-refractivity contribution in [1.29, 1.82) is 0 Å². The standard InChI is InChI=1S/C14H20NO2.BF4/c1-11-7-6-8-12(2)14(11)17-13(16)9-10-15(3,4)5;2-1(3,4)5/h6-10H,1-5H3;/q+1;-1/b10-9-;. The molecule has 1 aromatic carbocycles. The van der Waals surface area contributed by atoms with Crippen LogP contribution in [0.2, 0.25) is 0 Å². The Hall–Kier alpha value is -1.83. The molecule has 0 N–H and O–H groups in total. The van der Waals surface area contributed by atoms with E-state index in [2.05, 4.69) is 0 Å². The molecule has 0 atom stereocenters. The summed E-state index contributed by atoms with van der Waals surface area (Å²) in [5, 5.41) is 0. The van der Waals surface area contributed by atoms with E-state index in [0.29, 0.717) is 10.2 Å². The Labute approximate surface area is 127 Å². The third kappa shape index (κ3) is 10.9. The van der Waals surface area contributed by atoms with Crippen LogP contribution in [-0.2, 0) is 4.79 Å². The van der Waals surface area contributed by atoms with Gasteiger partial charge < -0.3 is 26.5 Å². The lowest BCUT2D eigenvalue weighted by atomic mass is 10.1. The number of quaternary nitrogens is 1. The Balaban J connectivity index is 0.000000763. The third-order valence-corrected chi connectivity index (χ3v) is 2.27. The van der Waals surface area contributed by atoms with Crippen LogP contribution < -0.4 is 4.74 Å².